The molecule has 0 spiro atoms. The van der Waals surface area contributed by atoms with E-state index in [2.05, 4.69) is 45.4 Å². The van der Waals surface area contributed by atoms with E-state index >= 15 is 0 Å². The first-order chi connectivity index (χ1) is 33.7. The number of hydrogen-bond acceptors (Lipinski definition) is 10. The molecule has 3 unspecified atom stereocenters. The summed E-state index contributed by atoms with van der Waals surface area (Å²) in [7, 11) is 0. The number of aliphatic carboxylic acids is 6. The van der Waals surface area contributed by atoms with Crippen LogP contribution in [0.1, 0.15) is 138 Å². The Morgan fingerprint density at radius 2 is 0.845 bits per heavy atom. The van der Waals surface area contributed by atoms with Crippen LogP contribution in [0, 0.1) is 16.2 Å². The zero-order valence-corrected chi connectivity index (χ0v) is 43.3. The molecule has 6 aliphatic rings. The van der Waals surface area contributed by atoms with Crippen LogP contribution < -0.4 is 0 Å². The maximum atomic E-state index is 10.8. The van der Waals surface area contributed by atoms with Gasteiger partial charge >= 0.3 is 35.8 Å². The predicted octanol–water partition coefficient (Wildman–Crippen LogP) is 9.20. The summed E-state index contributed by atoms with van der Waals surface area (Å²) in [5, 5.41) is 52.4. The molecule has 0 saturated carbocycles. The largest absolute Gasteiger partial charge is 0.481 e. The summed E-state index contributed by atoms with van der Waals surface area (Å²) >= 11 is 0. The Kier molecular flexibility index (Phi) is 30.9. The van der Waals surface area contributed by atoms with Crippen molar-refractivity contribution in [3.05, 3.63) is 90.1 Å². The molecule has 0 bridgehead atoms. The van der Waals surface area contributed by atoms with Gasteiger partial charge in [-0.25, -0.2) is 19.4 Å². The van der Waals surface area contributed by atoms with Crippen LogP contribution in [0.3, 0.4) is 0 Å². The van der Waals surface area contributed by atoms with Crippen LogP contribution in [0.5, 0.6) is 0 Å². The number of nitrogens with one attached hydrogen (secondary N) is 1. The van der Waals surface area contributed by atoms with E-state index in [0.29, 0.717) is 0 Å². The van der Waals surface area contributed by atoms with Gasteiger partial charge in [0.2, 0.25) is 0 Å². The highest BCUT2D eigenvalue weighted by atomic mass is 16.4. The quantitative estimate of drug-likeness (QED) is 0.0808. The lowest BCUT2D eigenvalue weighted by molar-refractivity contribution is -0.146. The fourth-order valence-corrected chi connectivity index (χ4v) is 8.02. The highest BCUT2D eigenvalue weighted by molar-refractivity contribution is 5.91. The molecule has 17 nitrogen and oxygen atoms in total. The molecule has 7 N–H and O–H groups in total. The number of likely N-dealkylation sites (tertiary alicyclic amines) is 3. The first-order valence-corrected chi connectivity index (χ1v) is 25.3. The molecule has 4 heterocycles. The lowest BCUT2D eigenvalue weighted by Crippen LogP contribution is -2.28. The molecule has 0 aromatic carbocycles. The third-order valence-corrected chi connectivity index (χ3v) is 12.9. The van der Waals surface area contributed by atoms with Gasteiger partial charge in [0, 0.05) is 29.1 Å². The minimum absolute atomic E-state index is 0.0359. The Bertz CT molecular complexity index is 1790. The molecule has 3 fully saturated rings. The van der Waals surface area contributed by atoms with Crippen LogP contribution in [0.15, 0.2) is 90.1 Å². The van der Waals surface area contributed by atoms with Crippen molar-refractivity contribution in [3.8, 4) is 0 Å². The van der Waals surface area contributed by atoms with Crippen LogP contribution in [-0.2, 0) is 28.8 Å². The van der Waals surface area contributed by atoms with E-state index in [9.17, 15) is 28.8 Å². The van der Waals surface area contributed by atoms with Crippen LogP contribution in [0.2, 0.25) is 0 Å². The predicted molar refractivity (Wildman–Crippen MR) is 276 cm³/mol. The number of aromatic nitrogens is 2. The normalized spacial score (nSPS) is 23.2. The maximum absolute atomic E-state index is 10.8. The number of unbranched alkanes of at least 4 members (excludes halogenated alkanes) is 4. The van der Waals surface area contributed by atoms with Gasteiger partial charge in [0.15, 0.2) is 0 Å². The molecule has 1 aromatic heterocycles. The summed E-state index contributed by atoms with van der Waals surface area (Å²) in [5.74, 6) is -6.19. The van der Waals surface area contributed by atoms with Gasteiger partial charge in [0.1, 0.15) is 0 Å². The molecule has 1 aromatic rings. The second kappa shape index (κ2) is 34.6. The molecule has 3 aliphatic carbocycles. The Labute approximate surface area is 421 Å². The monoisotopic (exact) mass is 996 g/mol. The average Bonchev–Trinajstić information content (AvgIpc) is 4.22. The van der Waals surface area contributed by atoms with Crippen molar-refractivity contribution < 1.29 is 59.4 Å². The molecule has 17 heteroatoms. The Morgan fingerprint density at radius 3 is 1.08 bits per heavy atom. The highest BCUT2D eigenvalue weighted by Gasteiger charge is 2.36. The molecule has 0 amide bonds. The van der Waals surface area contributed by atoms with Crippen LogP contribution in [0.25, 0.3) is 0 Å². The first-order valence-electron chi connectivity index (χ1n) is 25.3. The number of carboxylic acid groups (broad SMARTS) is 6. The lowest BCUT2D eigenvalue weighted by atomic mass is 9.80. The Morgan fingerprint density at radius 1 is 0.507 bits per heavy atom. The standard InChI is InChI=1S/C10H21N.3C9H10O4.C8H17N.C6H13N.C3H4N2/c1-2-3-4-5-8-11-9-6-7-10-11;3*1-9(8(12)13)4-2-3-6(5-9)7(10)11;1-2-3-6-9-7-4-5-8-9;1-2-7-5-3-4-6-7;1-2-5-3-4-1/h2-10H2,1H3;3*2-4H,5H2,1H3,(H,10,11)(H,12,13);2-8H2,1H3;2-6H2,1H3;1-3H,(H,4,5). The maximum Gasteiger partial charge on any atom is 0.331 e. The molecule has 3 saturated heterocycles. The van der Waals surface area contributed by atoms with Gasteiger partial charge in [0.25, 0.3) is 0 Å². The number of carboxylic acids is 6. The highest BCUT2D eigenvalue weighted by Crippen LogP contribution is 2.33. The van der Waals surface area contributed by atoms with E-state index < -0.39 is 52.1 Å². The SMILES string of the molecule is CC1(C(=O)O)C=CC=C(C(=O)O)C1.CC1(C(=O)O)C=CC=C(C(=O)O)C1.CC1(C(=O)O)C=CC=C(C(=O)O)C1.CCCCCCN1CCCC1.CCCCN1CCCC1.CCN1CCCC1.c1c[nH]cn1. The molecule has 398 valence electrons. The summed E-state index contributed by atoms with van der Waals surface area (Å²) in [4.78, 5) is 78.1. The molecular formula is C54H85N5O12. The number of imidazole rings is 1. The van der Waals surface area contributed by atoms with Crippen molar-refractivity contribution >= 4 is 35.8 Å². The average molecular weight is 996 g/mol. The van der Waals surface area contributed by atoms with Crippen molar-refractivity contribution in [2.24, 2.45) is 16.2 Å². The lowest BCUT2D eigenvalue weighted by Gasteiger charge is -2.23. The molecule has 7 rings (SSSR count). The third-order valence-electron chi connectivity index (χ3n) is 12.9. The van der Waals surface area contributed by atoms with Crippen LogP contribution in [0.4, 0.5) is 0 Å². The molecule has 0 radical (unpaired) electrons. The number of rotatable bonds is 15. The number of carbonyl (C=O) groups is 6. The minimum Gasteiger partial charge on any atom is -0.481 e. The van der Waals surface area contributed by atoms with E-state index in [-0.39, 0.29) is 36.0 Å². The van der Waals surface area contributed by atoms with Gasteiger partial charge < -0.3 is 50.3 Å². The number of allylic oxidation sites excluding steroid dienone is 6. The fraction of sp³-hybridized carbons (Fsp3) is 0.611. The summed E-state index contributed by atoms with van der Waals surface area (Å²) in [6, 6.07) is 0. The Hall–Kier alpha value is -5.65. The van der Waals surface area contributed by atoms with E-state index in [1.165, 1.54) is 211 Å². The smallest absolute Gasteiger partial charge is 0.331 e. The van der Waals surface area contributed by atoms with Crippen molar-refractivity contribution in [1.29, 1.82) is 0 Å². The third kappa shape index (κ3) is 25.9. The van der Waals surface area contributed by atoms with Gasteiger partial charge in [-0.15, -0.1) is 0 Å². The minimum atomic E-state index is -1.08. The van der Waals surface area contributed by atoms with E-state index in [1.54, 1.807) is 18.7 Å². The number of nitrogens with zero attached hydrogens (tertiary/aromatic N) is 4. The number of aromatic amines is 1. The van der Waals surface area contributed by atoms with E-state index in [0.717, 1.165) is 0 Å². The number of hydrogen-bond donors (Lipinski definition) is 7. The zero-order valence-electron chi connectivity index (χ0n) is 43.3. The van der Waals surface area contributed by atoms with Gasteiger partial charge in [0.05, 0.1) is 22.6 Å². The van der Waals surface area contributed by atoms with Crippen molar-refractivity contribution in [3.63, 3.8) is 0 Å². The molecular weight excluding hydrogens is 911 g/mol. The molecule has 71 heavy (non-hydrogen) atoms. The first kappa shape index (κ1) is 63.4. The number of H-pyrrole nitrogens is 1. The summed E-state index contributed by atoms with van der Waals surface area (Å²) in [6.45, 7) is 23.4. The van der Waals surface area contributed by atoms with Crippen LogP contribution >= 0.6 is 0 Å². The van der Waals surface area contributed by atoms with Gasteiger partial charge in [-0.2, -0.15) is 0 Å². The van der Waals surface area contributed by atoms with Gasteiger partial charge in [-0.3, -0.25) is 14.4 Å². The van der Waals surface area contributed by atoms with Crippen molar-refractivity contribution in [2.75, 3.05) is 58.9 Å². The van der Waals surface area contributed by atoms with Gasteiger partial charge in [-0.1, -0.05) is 101 Å². The summed E-state index contributed by atoms with van der Waals surface area (Å²) in [6.07, 6.45) is 35.4. The second-order valence-corrected chi connectivity index (χ2v) is 19.2. The van der Waals surface area contributed by atoms with Crippen LogP contribution in [-0.4, -0.2) is 150 Å². The van der Waals surface area contributed by atoms with E-state index in [4.69, 9.17) is 30.6 Å². The zero-order chi connectivity index (χ0) is 53.3. The second-order valence-electron chi connectivity index (χ2n) is 19.2. The van der Waals surface area contributed by atoms with Gasteiger partial charge in [-0.05, 0) is 150 Å². The summed E-state index contributed by atoms with van der Waals surface area (Å²) in [5.41, 5.74) is -2.85. The molecule has 3 atom stereocenters. The fourth-order valence-electron chi connectivity index (χ4n) is 8.02. The van der Waals surface area contributed by atoms with Crippen molar-refractivity contribution in [1.82, 2.24) is 24.7 Å². The molecule has 3 aliphatic heterocycles. The summed E-state index contributed by atoms with van der Waals surface area (Å²) < 4.78 is 0. The topological polar surface area (TPSA) is 262 Å². The van der Waals surface area contributed by atoms with Crippen molar-refractivity contribution in [2.45, 2.75) is 138 Å². The van der Waals surface area contributed by atoms with E-state index in [1.807, 2.05) is 0 Å². The Balaban J connectivity index is 0.000000421.